The highest BCUT2D eigenvalue weighted by molar-refractivity contribution is 5.73. The van der Waals surface area contributed by atoms with Gasteiger partial charge in [0.1, 0.15) is 6.04 Å². The van der Waals surface area contributed by atoms with Gasteiger partial charge in [0.25, 0.3) is 0 Å². The molecular weight excluding hydrogens is 218 g/mol. The lowest BCUT2D eigenvalue weighted by Gasteiger charge is -2.17. The van der Waals surface area contributed by atoms with Gasteiger partial charge in [0.05, 0.1) is 6.10 Å². The van der Waals surface area contributed by atoms with Crippen LogP contribution in [0.2, 0.25) is 0 Å². The molecule has 4 heteroatoms. The van der Waals surface area contributed by atoms with Crippen molar-refractivity contribution in [2.75, 3.05) is 13.2 Å². The Kier molecular flexibility index (Phi) is 6.52. The second-order valence-corrected chi connectivity index (χ2v) is 5.25. The van der Waals surface area contributed by atoms with Gasteiger partial charge in [-0.15, -0.1) is 0 Å². The summed E-state index contributed by atoms with van der Waals surface area (Å²) in [5.74, 6) is -0.336. The first-order chi connectivity index (χ1) is 8.09. The number of hydrogen-bond donors (Lipinski definition) is 2. The molecule has 100 valence electrons. The fraction of sp³-hybridized carbons (Fsp3) is 0.923. The zero-order valence-electron chi connectivity index (χ0n) is 10.9. The summed E-state index contributed by atoms with van der Waals surface area (Å²) >= 11 is 0. The van der Waals surface area contributed by atoms with E-state index >= 15 is 0 Å². The Morgan fingerprint density at radius 3 is 2.82 bits per heavy atom. The van der Waals surface area contributed by atoms with E-state index in [1.165, 1.54) is 6.42 Å². The molecule has 0 aliphatic carbocycles. The standard InChI is InChI=1S/C13H25NO3/c1-10(2)9-12(13(15)16)14-7-3-5-11-6-4-8-17-11/h10-12,14H,3-9H2,1-2H3,(H,15,16). The normalized spacial score (nSPS) is 21.9. The van der Waals surface area contributed by atoms with Crippen LogP contribution >= 0.6 is 0 Å². The van der Waals surface area contributed by atoms with E-state index < -0.39 is 12.0 Å². The van der Waals surface area contributed by atoms with E-state index in [9.17, 15) is 4.79 Å². The topological polar surface area (TPSA) is 58.6 Å². The summed E-state index contributed by atoms with van der Waals surface area (Å²) in [6, 6.07) is -0.403. The van der Waals surface area contributed by atoms with Crippen LogP contribution in [0, 0.1) is 5.92 Å². The third kappa shape index (κ3) is 6.03. The number of ether oxygens (including phenoxy) is 1. The van der Waals surface area contributed by atoms with Crippen molar-refractivity contribution in [1.82, 2.24) is 5.32 Å². The van der Waals surface area contributed by atoms with Crippen molar-refractivity contribution < 1.29 is 14.6 Å². The van der Waals surface area contributed by atoms with E-state index in [4.69, 9.17) is 9.84 Å². The summed E-state index contributed by atoms with van der Waals surface area (Å²) < 4.78 is 5.53. The van der Waals surface area contributed by atoms with Crippen molar-refractivity contribution in [3.8, 4) is 0 Å². The molecule has 2 unspecified atom stereocenters. The van der Waals surface area contributed by atoms with Gasteiger partial charge in [0.2, 0.25) is 0 Å². The maximum atomic E-state index is 11.0. The van der Waals surface area contributed by atoms with Gasteiger partial charge in [0, 0.05) is 6.61 Å². The van der Waals surface area contributed by atoms with Crippen LogP contribution in [0.15, 0.2) is 0 Å². The van der Waals surface area contributed by atoms with Crippen LogP contribution < -0.4 is 5.32 Å². The molecule has 1 heterocycles. The molecule has 0 spiro atoms. The molecule has 4 nitrogen and oxygen atoms in total. The number of nitrogens with one attached hydrogen (secondary N) is 1. The second kappa shape index (κ2) is 7.67. The van der Waals surface area contributed by atoms with Crippen LogP contribution in [0.4, 0.5) is 0 Å². The quantitative estimate of drug-likeness (QED) is 0.640. The molecule has 1 aliphatic heterocycles. The summed E-state index contributed by atoms with van der Waals surface area (Å²) in [5.41, 5.74) is 0. The summed E-state index contributed by atoms with van der Waals surface area (Å²) in [6.45, 7) is 5.75. The number of carboxylic acid groups (broad SMARTS) is 1. The molecule has 0 aromatic rings. The number of hydrogen-bond acceptors (Lipinski definition) is 3. The van der Waals surface area contributed by atoms with Crippen molar-refractivity contribution in [2.24, 2.45) is 5.92 Å². The lowest BCUT2D eigenvalue weighted by molar-refractivity contribution is -0.139. The molecule has 1 aliphatic rings. The molecule has 17 heavy (non-hydrogen) atoms. The van der Waals surface area contributed by atoms with Crippen LogP contribution in [-0.2, 0) is 9.53 Å². The predicted molar refractivity (Wildman–Crippen MR) is 67.1 cm³/mol. The minimum atomic E-state index is -0.740. The first kappa shape index (κ1) is 14.5. The van der Waals surface area contributed by atoms with E-state index in [1.807, 2.05) is 13.8 Å². The summed E-state index contributed by atoms with van der Waals surface area (Å²) in [4.78, 5) is 11.0. The average Bonchev–Trinajstić information content (AvgIpc) is 2.74. The number of rotatable bonds is 8. The highest BCUT2D eigenvalue weighted by Crippen LogP contribution is 2.16. The Bertz CT molecular complexity index is 225. The van der Waals surface area contributed by atoms with Crippen LogP contribution in [-0.4, -0.2) is 36.4 Å². The lowest BCUT2D eigenvalue weighted by atomic mass is 10.0. The second-order valence-electron chi connectivity index (χ2n) is 5.25. The predicted octanol–water partition coefficient (Wildman–Crippen LogP) is 2.03. The number of carboxylic acids is 1. The third-order valence-electron chi connectivity index (χ3n) is 3.12. The molecule has 1 saturated heterocycles. The first-order valence-electron chi connectivity index (χ1n) is 6.67. The molecule has 1 fully saturated rings. The van der Waals surface area contributed by atoms with Crippen molar-refractivity contribution in [2.45, 2.75) is 58.1 Å². The zero-order valence-corrected chi connectivity index (χ0v) is 10.9. The van der Waals surface area contributed by atoms with E-state index in [0.29, 0.717) is 18.4 Å². The van der Waals surface area contributed by atoms with E-state index in [1.54, 1.807) is 0 Å². The van der Waals surface area contributed by atoms with Crippen molar-refractivity contribution in [1.29, 1.82) is 0 Å². The summed E-state index contributed by atoms with van der Waals surface area (Å²) in [5, 5.41) is 12.2. The molecule has 0 radical (unpaired) electrons. The molecule has 0 aromatic heterocycles. The Balaban J connectivity index is 2.11. The molecule has 1 rings (SSSR count). The lowest BCUT2D eigenvalue weighted by Crippen LogP contribution is -2.38. The molecule has 2 N–H and O–H groups in total. The largest absolute Gasteiger partial charge is 0.480 e. The molecule has 2 atom stereocenters. The molecule has 0 aromatic carbocycles. The van der Waals surface area contributed by atoms with Crippen molar-refractivity contribution in [3.05, 3.63) is 0 Å². The fourth-order valence-electron chi connectivity index (χ4n) is 2.22. The SMILES string of the molecule is CC(C)CC(NCCCC1CCCO1)C(=O)O. The van der Waals surface area contributed by atoms with E-state index in [0.717, 1.165) is 32.4 Å². The van der Waals surface area contributed by atoms with Crippen molar-refractivity contribution >= 4 is 5.97 Å². The van der Waals surface area contributed by atoms with Gasteiger partial charge in [-0.1, -0.05) is 13.8 Å². The van der Waals surface area contributed by atoms with Crippen LogP contribution in [0.5, 0.6) is 0 Å². The highest BCUT2D eigenvalue weighted by Gasteiger charge is 2.18. The molecule has 0 amide bonds. The molecule has 0 saturated carbocycles. The van der Waals surface area contributed by atoms with Crippen LogP contribution in [0.1, 0.15) is 46.0 Å². The van der Waals surface area contributed by atoms with Crippen molar-refractivity contribution in [3.63, 3.8) is 0 Å². The molecular formula is C13H25NO3. The van der Waals surface area contributed by atoms with Gasteiger partial charge in [-0.25, -0.2) is 0 Å². The zero-order chi connectivity index (χ0) is 12.7. The van der Waals surface area contributed by atoms with Gasteiger partial charge in [-0.3, -0.25) is 4.79 Å². The van der Waals surface area contributed by atoms with Crippen LogP contribution in [0.25, 0.3) is 0 Å². The van der Waals surface area contributed by atoms with Gasteiger partial charge in [-0.05, 0) is 44.6 Å². The maximum absolute atomic E-state index is 11.0. The Labute approximate surface area is 104 Å². The Hall–Kier alpha value is -0.610. The highest BCUT2D eigenvalue weighted by atomic mass is 16.5. The summed E-state index contributed by atoms with van der Waals surface area (Å²) in [7, 11) is 0. The monoisotopic (exact) mass is 243 g/mol. The third-order valence-corrected chi connectivity index (χ3v) is 3.12. The van der Waals surface area contributed by atoms with E-state index in [-0.39, 0.29) is 0 Å². The smallest absolute Gasteiger partial charge is 0.320 e. The average molecular weight is 243 g/mol. The van der Waals surface area contributed by atoms with Gasteiger partial charge in [-0.2, -0.15) is 0 Å². The minimum Gasteiger partial charge on any atom is -0.480 e. The van der Waals surface area contributed by atoms with Gasteiger partial charge >= 0.3 is 5.97 Å². The number of aliphatic carboxylic acids is 1. The van der Waals surface area contributed by atoms with E-state index in [2.05, 4.69) is 5.32 Å². The van der Waals surface area contributed by atoms with Gasteiger partial charge < -0.3 is 15.2 Å². The Morgan fingerprint density at radius 2 is 2.29 bits per heavy atom. The number of carbonyl (C=O) groups is 1. The first-order valence-corrected chi connectivity index (χ1v) is 6.67. The maximum Gasteiger partial charge on any atom is 0.320 e. The fourth-order valence-corrected chi connectivity index (χ4v) is 2.22. The summed E-state index contributed by atoms with van der Waals surface area (Å²) in [6.07, 6.45) is 5.46. The van der Waals surface area contributed by atoms with Gasteiger partial charge in [0.15, 0.2) is 0 Å². The minimum absolute atomic E-state index is 0.403. The van der Waals surface area contributed by atoms with Crippen LogP contribution in [0.3, 0.4) is 0 Å². The Morgan fingerprint density at radius 1 is 1.53 bits per heavy atom. The molecule has 0 bridgehead atoms.